The highest BCUT2D eigenvalue weighted by molar-refractivity contribution is 7.71. The quantitative estimate of drug-likeness (QED) is 0.386. The molecule has 12 heteroatoms. The van der Waals surface area contributed by atoms with Crippen LogP contribution in [0.15, 0.2) is 24.4 Å². The molecule has 0 amide bonds. The van der Waals surface area contributed by atoms with Gasteiger partial charge in [-0.1, -0.05) is 0 Å². The molecule has 6 rings (SSSR count). The fourth-order valence-corrected chi connectivity index (χ4v) is 7.93. The molecule has 3 fully saturated rings. The zero-order valence-electron chi connectivity index (χ0n) is 21.4. The summed E-state index contributed by atoms with van der Waals surface area (Å²) >= 11 is 0. The molecule has 5 heterocycles. The number of benzene rings is 1. The minimum absolute atomic E-state index is 0.199. The number of aromatic amines is 1. The molecule has 3 saturated heterocycles. The largest absolute Gasteiger partial charge is 0.495 e. The second-order valence-electron chi connectivity index (χ2n) is 10.0. The minimum Gasteiger partial charge on any atom is -0.495 e. The number of fused-ring (bicyclic) bond motifs is 1. The molecule has 38 heavy (non-hydrogen) atoms. The van der Waals surface area contributed by atoms with Gasteiger partial charge in [0.1, 0.15) is 30.4 Å². The average molecular weight is 538 g/mol. The van der Waals surface area contributed by atoms with Crippen LogP contribution in [0, 0.1) is 11.3 Å². The number of aromatic nitrogens is 3. The van der Waals surface area contributed by atoms with Crippen molar-refractivity contribution in [3.63, 3.8) is 0 Å². The Hall–Kier alpha value is -3.16. The van der Waals surface area contributed by atoms with Gasteiger partial charge in [0.15, 0.2) is 0 Å². The molecule has 0 aliphatic carbocycles. The van der Waals surface area contributed by atoms with Gasteiger partial charge in [-0.3, -0.25) is 4.90 Å². The summed E-state index contributed by atoms with van der Waals surface area (Å²) in [4.78, 5) is 14.8. The van der Waals surface area contributed by atoms with E-state index in [1.54, 1.807) is 13.3 Å². The molecule has 3 N–H and O–H groups in total. The second-order valence-corrected chi connectivity index (χ2v) is 13.2. The molecular formula is C26H32N7O4P. The van der Waals surface area contributed by atoms with Crippen LogP contribution in [0.1, 0.15) is 18.4 Å². The maximum atomic E-state index is 13.9. The van der Waals surface area contributed by atoms with Gasteiger partial charge in [-0.05, 0) is 31.0 Å². The lowest BCUT2D eigenvalue weighted by Gasteiger charge is -2.41. The number of nitriles is 1. The molecule has 3 aliphatic heterocycles. The minimum atomic E-state index is -2.51. The second kappa shape index (κ2) is 10.5. The van der Waals surface area contributed by atoms with Crippen molar-refractivity contribution < 1.29 is 18.8 Å². The number of hydrogen-bond donors (Lipinski definition) is 3. The Morgan fingerprint density at radius 1 is 1.18 bits per heavy atom. The van der Waals surface area contributed by atoms with Crippen LogP contribution in [0.3, 0.4) is 0 Å². The van der Waals surface area contributed by atoms with Crippen LogP contribution >= 0.6 is 7.14 Å². The SMILES string of the molecule is COc1cc(P2(=O)CCN(C3COC3)CC2)ccc1Nc1nc(NC2CCOCC2)c2c(C#N)c[nH]c2n1. The van der Waals surface area contributed by atoms with E-state index < -0.39 is 7.14 Å². The number of nitrogens with zero attached hydrogens (tertiary/aromatic N) is 4. The lowest BCUT2D eigenvalue weighted by atomic mass is 10.1. The first kappa shape index (κ1) is 25.1. The van der Waals surface area contributed by atoms with Crippen LogP contribution in [-0.2, 0) is 14.0 Å². The highest BCUT2D eigenvalue weighted by atomic mass is 31.2. The molecule has 0 bridgehead atoms. The summed E-state index contributed by atoms with van der Waals surface area (Å²) in [6.07, 6.45) is 4.70. The van der Waals surface area contributed by atoms with Crippen molar-refractivity contribution in [1.29, 1.82) is 5.26 Å². The topological polar surface area (TPSA) is 137 Å². The van der Waals surface area contributed by atoms with E-state index in [2.05, 4.69) is 31.6 Å². The number of H-pyrrole nitrogens is 1. The van der Waals surface area contributed by atoms with Crippen molar-refractivity contribution in [3.05, 3.63) is 30.0 Å². The fraction of sp³-hybridized carbons (Fsp3) is 0.500. The van der Waals surface area contributed by atoms with E-state index >= 15 is 0 Å². The molecular weight excluding hydrogens is 505 g/mol. The molecule has 1 aromatic carbocycles. The normalized spacial score (nSPS) is 20.5. The first-order valence-electron chi connectivity index (χ1n) is 13.1. The van der Waals surface area contributed by atoms with Crippen molar-refractivity contribution in [1.82, 2.24) is 19.9 Å². The summed E-state index contributed by atoms with van der Waals surface area (Å²) in [5, 5.41) is 17.9. The van der Waals surface area contributed by atoms with Gasteiger partial charge in [0.2, 0.25) is 5.95 Å². The van der Waals surface area contributed by atoms with Gasteiger partial charge in [-0.25, -0.2) is 0 Å². The number of hydrogen-bond acceptors (Lipinski definition) is 10. The molecule has 2 aromatic heterocycles. The molecule has 0 spiro atoms. The van der Waals surface area contributed by atoms with E-state index in [4.69, 9.17) is 19.2 Å². The summed E-state index contributed by atoms with van der Waals surface area (Å²) < 4.78 is 30.4. The fourth-order valence-electron chi connectivity index (χ4n) is 5.33. The first-order chi connectivity index (χ1) is 18.6. The average Bonchev–Trinajstić information content (AvgIpc) is 3.33. The van der Waals surface area contributed by atoms with Gasteiger partial charge in [0.25, 0.3) is 0 Å². The third-order valence-corrected chi connectivity index (χ3v) is 10.8. The van der Waals surface area contributed by atoms with E-state index in [1.165, 1.54) is 0 Å². The van der Waals surface area contributed by atoms with Crippen LogP contribution < -0.4 is 20.7 Å². The van der Waals surface area contributed by atoms with E-state index in [1.807, 2.05) is 18.2 Å². The Labute approximate surface area is 221 Å². The van der Waals surface area contributed by atoms with E-state index in [0.717, 1.165) is 44.4 Å². The molecule has 3 aliphatic rings. The lowest BCUT2D eigenvalue weighted by Crippen LogP contribution is -2.52. The maximum Gasteiger partial charge on any atom is 0.231 e. The Kier molecular flexibility index (Phi) is 6.97. The smallest absolute Gasteiger partial charge is 0.231 e. The summed E-state index contributed by atoms with van der Waals surface area (Å²) in [5.41, 5.74) is 1.73. The molecule has 0 radical (unpaired) electrons. The van der Waals surface area contributed by atoms with E-state index in [9.17, 15) is 9.83 Å². The zero-order valence-corrected chi connectivity index (χ0v) is 22.3. The standard InChI is InChI=1S/C26H32N7O4P/c1-35-22-12-20(38(34)10-6-33(7-11-38)19-15-37-16-19)2-3-21(22)30-26-31-24-23(17(13-27)14-28-24)25(32-26)29-18-4-8-36-9-5-18/h2-3,12,14,18-19H,4-11,15-16H2,1H3,(H3,28,29,30,31,32). The maximum absolute atomic E-state index is 13.9. The summed E-state index contributed by atoms with van der Waals surface area (Å²) in [7, 11) is -0.908. The molecule has 0 atom stereocenters. The highest BCUT2D eigenvalue weighted by Gasteiger charge is 2.35. The highest BCUT2D eigenvalue weighted by Crippen LogP contribution is 2.48. The van der Waals surface area contributed by atoms with E-state index in [-0.39, 0.29) is 6.04 Å². The first-order valence-corrected chi connectivity index (χ1v) is 15.1. The summed E-state index contributed by atoms with van der Waals surface area (Å²) in [6.45, 7) is 4.58. The van der Waals surface area contributed by atoms with Gasteiger partial charge in [-0.15, -0.1) is 0 Å². The monoisotopic (exact) mass is 537 g/mol. The molecule has 0 saturated carbocycles. The molecule has 11 nitrogen and oxygen atoms in total. The molecule has 200 valence electrons. The van der Waals surface area contributed by atoms with E-state index in [0.29, 0.717) is 71.4 Å². The van der Waals surface area contributed by atoms with Crippen molar-refractivity contribution in [2.45, 2.75) is 24.9 Å². The third kappa shape index (κ3) is 4.85. The van der Waals surface area contributed by atoms with Gasteiger partial charge in [0, 0.05) is 56.2 Å². The van der Waals surface area contributed by atoms with Crippen LogP contribution in [0.4, 0.5) is 17.5 Å². The predicted molar refractivity (Wildman–Crippen MR) is 145 cm³/mol. The predicted octanol–water partition coefficient (Wildman–Crippen LogP) is 2.88. The number of nitrogens with one attached hydrogen (secondary N) is 3. The van der Waals surface area contributed by atoms with Crippen LogP contribution in [0.5, 0.6) is 5.75 Å². The Morgan fingerprint density at radius 2 is 1.97 bits per heavy atom. The Balaban J connectivity index is 1.25. The van der Waals surface area contributed by atoms with Crippen molar-refractivity contribution in [2.24, 2.45) is 0 Å². The van der Waals surface area contributed by atoms with Gasteiger partial charge < -0.3 is 34.4 Å². The van der Waals surface area contributed by atoms with Gasteiger partial charge in [-0.2, -0.15) is 15.2 Å². The number of rotatable bonds is 7. The summed E-state index contributed by atoms with van der Waals surface area (Å²) in [6, 6.07) is 8.58. The van der Waals surface area contributed by atoms with Gasteiger partial charge >= 0.3 is 0 Å². The molecule has 3 aromatic rings. The number of ether oxygens (including phenoxy) is 3. The number of methoxy groups -OCH3 is 1. The van der Waals surface area contributed by atoms with Crippen molar-refractivity contribution in [2.75, 3.05) is 69.6 Å². The van der Waals surface area contributed by atoms with Crippen molar-refractivity contribution in [3.8, 4) is 11.8 Å². The zero-order chi connectivity index (χ0) is 26.1. The lowest BCUT2D eigenvalue weighted by molar-refractivity contribution is -0.0620. The van der Waals surface area contributed by atoms with Crippen LogP contribution in [0.2, 0.25) is 0 Å². The van der Waals surface area contributed by atoms with Crippen LogP contribution in [-0.4, -0.2) is 90.9 Å². The third-order valence-electron chi connectivity index (χ3n) is 7.75. The van der Waals surface area contributed by atoms with Crippen molar-refractivity contribution >= 4 is 40.9 Å². The number of anilines is 3. The molecule has 0 unspecified atom stereocenters. The summed E-state index contributed by atoms with van der Waals surface area (Å²) in [5.74, 6) is 1.55. The van der Waals surface area contributed by atoms with Gasteiger partial charge in [0.05, 0.1) is 43.0 Å². The Morgan fingerprint density at radius 3 is 2.66 bits per heavy atom. The Bertz CT molecular complexity index is 1400. The van der Waals surface area contributed by atoms with Crippen LogP contribution in [0.25, 0.3) is 11.0 Å².